The summed E-state index contributed by atoms with van der Waals surface area (Å²) in [5.74, 6) is -1.10. The quantitative estimate of drug-likeness (QED) is 0.556. The zero-order chi connectivity index (χ0) is 20.3. The van der Waals surface area contributed by atoms with Crippen LogP contribution in [0.1, 0.15) is 32.7 Å². The second kappa shape index (κ2) is 8.48. The van der Waals surface area contributed by atoms with Gasteiger partial charge >= 0.3 is 0 Å². The molecule has 28 heavy (non-hydrogen) atoms. The van der Waals surface area contributed by atoms with Crippen LogP contribution in [0.5, 0.6) is 5.75 Å². The normalized spacial score (nSPS) is 10.7. The van der Waals surface area contributed by atoms with E-state index in [0.717, 1.165) is 24.0 Å². The molecule has 1 N–H and O–H groups in total. The number of H-pyrrole nitrogens is 1. The van der Waals surface area contributed by atoms with E-state index in [9.17, 15) is 18.4 Å². The molecule has 3 rings (SSSR count). The van der Waals surface area contributed by atoms with Gasteiger partial charge in [0.15, 0.2) is 0 Å². The molecule has 1 aromatic heterocycles. The van der Waals surface area contributed by atoms with Crippen molar-refractivity contribution < 1.29 is 18.3 Å². The third-order valence-corrected chi connectivity index (χ3v) is 5.03. The van der Waals surface area contributed by atoms with E-state index in [1.165, 1.54) is 6.07 Å². The van der Waals surface area contributed by atoms with Crippen LogP contribution in [-0.4, -0.2) is 11.3 Å². The van der Waals surface area contributed by atoms with Gasteiger partial charge in [0.1, 0.15) is 34.7 Å². The van der Waals surface area contributed by atoms with Crippen molar-refractivity contribution in [3.05, 3.63) is 96.9 Å². The number of benzene rings is 2. The van der Waals surface area contributed by atoms with Crippen molar-refractivity contribution >= 4 is 22.2 Å². The molecule has 0 saturated carbocycles. The topological polar surface area (TPSA) is 59.2 Å². The Morgan fingerprint density at radius 3 is 2.50 bits per heavy atom. The van der Waals surface area contributed by atoms with Crippen LogP contribution in [0.25, 0.3) is 0 Å². The smallest absolute Gasteiger partial charge is 0.266 e. The zero-order valence-electron chi connectivity index (χ0n) is 14.9. The molecule has 4 nitrogen and oxygen atoms in total. The van der Waals surface area contributed by atoms with Gasteiger partial charge in [-0.3, -0.25) is 9.59 Å². The maximum Gasteiger partial charge on any atom is 0.266 e. The molecule has 0 aliphatic rings. The summed E-state index contributed by atoms with van der Waals surface area (Å²) >= 11 is 3.24. The van der Waals surface area contributed by atoms with E-state index in [1.54, 1.807) is 19.1 Å². The van der Waals surface area contributed by atoms with Crippen molar-refractivity contribution in [1.29, 1.82) is 0 Å². The number of hydrogen-bond acceptors (Lipinski definition) is 3. The molecule has 0 amide bonds. The number of ether oxygens (including phenoxy) is 1. The third-order valence-electron chi connectivity index (χ3n) is 4.31. The second-order valence-electron chi connectivity index (χ2n) is 6.26. The van der Waals surface area contributed by atoms with Crippen molar-refractivity contribution in [2.24, 2.45) is 0 Å². The Kier molecular flexibility index (Phi) is 6.04. The van der Waals surface area contributed by atoms with E-state index in [4.69, 9.17) is 4.74 Å². The van der Waals surface area contributed by atoms with Gasteiger partial charge in [-0.15, -0.1) is 0 Å². The standard InChI is InChI=1S/C21H16BrF2NO3/c1-12-17(8-13-2-4-14(10-26)5-3-13)20(19(22)21(27)25-12)28-11-15-6-7-16(23)9-18(15)24/h2-7,9-10H,8,11H2,1H3,(H,25,27). The van der Waals surface area contributed by atoms with Crippen molar-refractivity contribution in [3.8, 4) is 5.75 Å². The highest BCUT2D eigenvalue weighted by Gasteiger charge is 2.17. The molecule has 0 aliphatic heterocycles. The molecular weight excluding hydrogens is 432 g/mol. The largest absolute Gasteiger partial charge is 0.487 e. The van der Waals surface area contributed by atoms with E-state index >= 15 is 0 Å². The minimum atomic E-state index is -0.719. The van der Waals surface area contributed by atoms with Gasteiger partial charge in [0, 0.05) is 34.9 Å². The summed E-state index contributed by atoms with van der Waals surface area (Å²) in [6.45, 7) is 1.58. The Bertz CT molecular complexity index is 1080. The Morgan fingerprint density at radius 2 is 1.86 bits per heavy atom. The number of carbonyl (C=O) groups is 1. The van der Waals surface area contributed by atoms with E-state index in [1.807, 2.05) is 12.1 Å². The fourth-order valence-electron chi connectivity index (χ4n) is 2.78. The molecule has 0 spiro atoms. The van der Waals surface area contributed by atoms with Gasteiger partial charge in [-0.2, -0.15) is 0 Å². The number of hydrogen-bond donors (Lipinski definition) is 1. The number of rotatable bonds is 6. The number of nitrogens with one attached hydrogen (secondary N) is 1. The lowest BCUT2D eigenvalue weighted by Gasteiger charge is -2.16. The molecule has 144 valence electrons. The van der Waals surface area contributed by atoms with Gasteiger partial charge in [0.2, 0.25) is 0 Å². The highest BCUT2D eigenvalue weighted by atomic mass is 79.9. The monoisotopic (exact) mass is 447 g/mol. The fourth-order valence-corrected chi connectivity index (χ4v) is 3.23. The Morgan fingerprint density at radius 1 is 1.14 bits per heavy atom. The molecule has 0 saturated heterocycles. The SMILES string of the molecule is Cc1[nH]c(=O)c(Br)c(OCc2ccc(F)cc2F)c1Cc1ccc(C=O)cc1. The highest BCUT2D eigenvalue weighted by Crippen LogP contribution is 2.30. The summed E-state index contributed by atoms with van der Waals surface area (Å²) in [6.07, 6.45) is 1.19. The maximum atomic E-state index is 13.9. The lowest BCUT2D eigenvalue weighted by atomic mass is 10.0. The van der Waals surface area contributed by atoms with E-state index < -0.39 is 11.6 Å². The molecule has 7 heteroatoms. The first kappa shape index (κ1) is 19.9. The van der Waals surface area contributed by atoms with Gasteiger partial charge in [-0.25, -0.2) is 8.78 Å². The van der Waals surface area contributed by atoms with Crippen LogP contribution >= 0.6 is 15.9 Å². The van der Waals surface area contributed by atoms with Crippen LogP contribution in [0.3, 0.4) is 0 Å². The maximum absolute atomic E-state index is 13.9. The predicted octanol–water partition coefficient (Wildman–Crippen LogP) is 4.71. The van der Waals surface area contributed by atoms with Crippen molar-refractivity contribution in [1.82, 2.24) is 4.98 Å². The van der Waals surface area contributed by atoms with Crippen molar-refractivity contribution in [2.75, 3.05) is 0 Å². The van der Waals surface area contributed by atoms with E-state index in [2.05, 4.69) is 20.9 Å². The first-order valence-electron chi connectivity index (χ1n) is 8.41. The van der Waals surface area contributed by atoms with E-state index in [0.29, 0.717) is 29.0 Å². The first-order chi connectivity index (χ1) is 13.4. The van der Waals surface area contributed by atoms with E-state index in [-0.39, 0.29) is 22.2 Å². The number of carbonyl (C=O) groups excluding carboxylic acids is 1. The predicted molar refractivity (Wildman–Crippen MR) is 105 cm³/mol. The molecular formula is C21H16BrF2NO3. The summed E-state index contributed by atoms with van der Waals surface area (Å²) < 4.78 is 33.0. The van der Waals surface area contributed by atoms with Crippen LogP contribution in [0.4, 0.5) is 8.78 Å². The summed E-state index contributed by atoms with van der Waals surface area (Å²) in [4.78, 5) is 25.7. The Labute approximate surface area is 168 Å². The van der Waals surface area contributed by atoms with Crippen LogP contribution in [-0.2, 0) is 13.0 Å². The molecule has 0 aliphatic carbocycles. The molecule has 0 fully saturated rings. The lowest BCUT2D eigenvalue weighted by Crippen LogP contribution is -2.15. The number of halogens is 3. The molecule has 0 radical (unpaired) electrons. The van der Waals surface area contributed by atoms with Gasteiger partial charge in [-0.1, -0.05) is 24.3 Å². The fraction of sp³-hybridized carbons (Fsp3) is 0.143. The van der Waals surface area contributed by atoms with Crippen molar-refractivity contribution in [3.63, 3.8) is 0 Å². The number of aldehydes is 1. The lowest BCUT2D eigenvalue weighted by molar-refractivity contribution is 0.112. The molecule has 2 aromatic carbocycles. The van der Waals surface area contributed by atoms with Gasteiger partial charge in [-0.05, 0) is 40.5 Å². The summed E-state index contributed by atoms with van der Waals surface area (Å²) in [6, 6.07) is 10.3. The summed E-state index contributed by atoms with van der Waals surface area (Å²) in [7, 11) is 0. The van der Waals surface area contributed by atoms with Crippen LogP contribution in [0.15, 0.2) is 51.7 Å². The summed E-state index contributed by atoms with van der Waals surface area (Å²) in [5, 5.41) is 0. The molecule has 1 heterocycles. The Balaban J connectivity index is 1.94. The minimum absolute atomic E-state index is 0.162. The van der Waals surface area contributed by atoms with Gasteiger partial charge in [0.25, 0.3) is 5.56 Å². The average Bonchev–Trinajstić information content (AvgIpc) is 2.67. The number of pyridine rings is 1. The van der Waals surface area contributed by atoms with Crippen molar-refractivity contribution in [2.45, 2.75) is 20.0 Å². The van der Waals surface area contributed by atoms with Crippen LogP contribution < -0.4 is 10.3 Å². The van der Waals surface area contributed by atoms with Crippen LogP contribution in [0, 0.1) is 18.6 Å². The number of aryl methyl sites for hydroxylation is 1. The molecule has 0 bridgehead atoms. The van der Waals surface area contributed by atoms with Gasteiger partial charge < -0.3 is 9.72 Å². The molecule has 0 atom stereocenters. The first-order valence-corrected chi connectivity index (χ1v) is 9.20. The summed E-state index contributed by atoms with van der Waals surface area (Å²) in [5.41, 5.74) is 2.60. The molecule has 3 aromatic rings. The minimum Gasteiger partial charge on any atom is -0.487 e. The average molecular weight is 448 g/mol. The third kappa shape index (κ3) is 4.36. The molecule has 0 unspecified atom stereocenters. The number of aromatic nitrogens is 1. The highest BCUT2D eigenvalue weighted by molar-refractivity contribution is 9.10. The zero-order valence-corrected chi connectivity index (χ0v) is 16.5. The Hall–Kier alpha value is -2.80. The second-order valence-corrected chi connectivity index (χ2v) is 7.05. The van der Waals surface area contributed by atoms with Crippen LogP contribution in [0.2, 0.25) is 0 Å². The number of aromatic amines is 1. The van der Waals surface area contributed by atoms with Gasteiger partial charge in [0.05, 0.1) is 0 Å².